The summed E-state index contributed by atoms with van der Waals surface area (Å²) >= 11 is 0. The average Bonchev–Trinajstić information content (AvgIpc) is 2.26. The predicted molar refractivity (Wildman–Crippen MR) is 54.7 cm³/mol. The van der Waals surface area contributed by atoms with E-state index in [-0.39, 0.29) is 24.9 Å². The number of ether oxygens (including phenoxy) is 2. The fourth-order valence-corrected chi connectivity index (χ4v) is 1.75. The standard InChI is InChI=1S/C10H19NO4/c1-10(14-2)4-3-5-11(8-10)9(13)15-7-6-12/h12H,3-8H2,1-2H3. The van der Waals surface area contributed by atoms with Crippen molar-refractivity contribution in [3.05, 3.63) is 0 Å². The zero-order valence-electron chi connectivity index (χ0n) is 9.36. The summed E-state index contributed by atoms with van der Waals surface area (Å²) in [5.74, 6) is 0. The normalized spacial score (nSPS) is 26.5. The Morgan fingerprint density at radius 2 is 2.33 bits per heavy atom. The van der Waals surface area contributed by atoms with E-state index < -0.39 is 0 Å². The molecule has 1 heterocycles. The molecule has 1 atom stereocenters. The third kappa shape index (κ3) is 3.35. The van der Waals surface area contributed by atoms with E-state index in [1.165, 1.54) is 0 Å². The van der Waals surface area contributed by atoms with E-state index in [0.29, 0.717) is 13.1 Å². The van der Waals surface area contributed by atoms with Crippen LogP contribution in [0.1, 0.15) is 19.8 Å². The van der Waals surface area contributed by atoms with Gasteiger partial charge >= 0.3 is 6.09 Å². The molecule has 1 N–H and O–H groups in total. The Kier molecular flexibility index (Phi) is 4.35. The van der Waals surface area contributed by atoms with E-state index in [4.69, 9.17) is 14.6 Å². The molecule has 0 aliphatic carbocycles. The molecule has 88 valence electrons. The van der Waals surface area contributed by atoms with Crippen LogP contribution in [0, 0.1) is 0 Å². The molecule has 1 fully saturated rings. The maximum Gasteiger partial charge on any atom is 0.409 e. The van der Waals surface area contributed by atoms with Gasteiger partial charge in [0, 0.05) is 13.7 Å². The Bertz CT molecular complexity index is 221. The first kappa shape index (κ1) is 12.3. The summed E-state index contributed by atoms with van der Waals surface area (Å²) in [5, 5.41) is 8.54. The van der Waals surface area contributed by atoms with Gasteiger partial charge in [0.15, 0.2) is 0 Å². The molecule has 15 heavy (non-hydrogen) atoms. The first-order valence-corrected chi connectivity index (χ1v) is 5.19. The van der Waals surface area contributed by atoms with Gasteiger partial charge in [0.05, 0.1) is 18.8 Å². The van der Waals surface area contributed by atoms with E-state index in [0.717, 1.165) is 12.8 Å². The van der Waals surface area contributed by atoms with E-state index >= 15 is 0 Å². The molecular weight excluding hydrogens is 198 g/mol. The number of carbonyl (C=O) groups is 1. The lowest BCUT2D eigenvalue weighted by Crippen LogP contribution is -2.49. The summed E-state index contributed by atoms with van der Waals surface area (Å²) in [6, 6.07) is 0. The summed E-state index contributed by atoms with van der Waals surface area (Å²) in [7, 11) is 1.66. The quantitative estimate of drug-likeness (QED) is 0.752. The maximum absolute atomic E-state index is 11.5. The average molecular weight is 217 g/mol. The van der Waals surface area contributed by atoms with Crippen molar-refractivity contribution < 1.29 is 19.4 Å². The lowest BCUT2D eigenvalue weighted by Gasteiger charge is -2.38. The number of rotatable bonds is 3. The van der Waals surface area contributed by atoms with Crippen LogP contribution in [0.25, 0.3) is 0 Å². The van der Waals surface area contributed by atoms with Crippen molar-refractivity contribution in [2.45, 2.75) is 25.4 Å². The highest BCUT2D eigenvalue weighted by atomic mass is 16.6. The molecule has 0 aromatic heterocycles. The Hall–Kier alpha value is -0.810. The second kappa shape index (κ2) is 5.32. The molecule has 1 aliphatic heterocycles. The van der Waals surface area contributed by atoms with Crippen LogP contribution in [0.2, 0.25) is 0 Å². The van der Waals surface area contributed by atoms with Gasteiger partial charge in [-0.1, -0.05) is 0 Å². The number of hydrogen-bond acceptors (Lipinski definition) is 4. The Morgan fingerprint density at radius 3 is 2.93 bits per heavy atom. The molecule has 0 radical (unpaired) electrons. The topological polar surface area (TPSA) is 59.0 Å². The second-order valence-corrected chi connectivity index (χ2v) is 4.02. The number of likely N-dealkylation sites (tertiary alicyclic amines) is 1. The van der Waals surface area contributed by atoms with Gasteiger partial charge < -0.3 is 19.5 Å². The van der Waals surface area contributed by atoms with Gasteiger partial charge in [0.25, 0.3) is 0 Å². The van der Waals surface area contributed by atoms with Crippen LogP contribution in [0.5, 0.6) is 0 Å². The third-order valence-electron chi connectivity index (χ3n) is 2.73. The van der Waals surface area contributed by atoms with Crippen LogP contribution in [-0.2, 0) is 9.47 Å². The third-order valence-corrected chi connectivity index (χ3v) is 2.73. The molecule has 1 unspecified atom stereocenters. The number of nitrogens with zero attached hydrogens (tertiary/aromatic N) is 1. The minimum atomic E-state index is -0.368. The molecule has 1 amide bonds. The van der Waals surface area contributed by atoms with Gasteiger partial charge in [0.2, 0.25) is 0 Å². The van der Waals surface area contributed by atoms with Crippen molar-refractivity contribution in [2.24, 2.45) is 0 Å². The van der Waals surface area contributed by atoms with Crippen molar-refractivity contribution in [3.8, 4) is 0 Å². The highest BCUT2D eigenvalue weighted by Crippen LogP contribution is 2.24. The zero-order valence-corrected chi connectivity index (χ0v) is 9.36. The number of piperidine rings is 1. The molecule has 5 heteroatoms. The van der Waals surface area contributed by atoms with E-state index in [2.05, 4.69) is 0 Å². The maximum atomic E-state index is 11.5. The number of amides is 1. The monoisotopic (exact) mass is 217 g/mol. The van der Waals surface area contributed by atoms with Crippen molar-refractivity contribution in [1.29, 1.82) is 0 Å². The largest absolute Gasteiger partial charge is 0.447 e. The van der Waals surface area contributed by atoms with Crippen LogP contribution < -0.4 is 0 Å². The Morgan fingerprint density at radius 1 is 1.60 bits per heavy atom. The molecule has 0 spiro atoms. The molecular formula is C10H19NO4. The van der Waals surface area contributed by atoms with Crippen molar-refractivity contribution >= 4 is 6.09 Å². The van der Waals surface area contributed by atoms with Gasteiger partial charge in [-0.15, -0.1) is 0 Å². The molecule has 1 rings (SSSR count). The van der Waals surface area contributed by atoms with Gasteiger partial charge in [0.1, 0.15) is 6.61 Å². The van der Waals surface area contributed by atoms with Crippen LogP contribution in [0.3, 0.4) is 0 Å². The van der Waals surface area contributed by atoms with E-state index in [1.807, 2.05) is 6.92 Å². The lowest BCUT2D eigenvalue weighted by atomic mass is 9.95. The predicted octanol–water partition coefficient (Wildman–Crippen LogP) is 0.616. The second-order valence-electron chi connectivity index (χ2n) is 4.02. The van der Waals surface area contributed by atoms with E-state index in [9.17, 15) is 4.79 Å². The van der Waals surface area contributed by atoms with Crippen LogP contribution in [0.15, 0.2) is 0 Å². The summed E-state index contributed by atoms with van der Waals surface area (Å²) < 4.78 is 10.2. The number of methoxy groups -OCH3 is 1. The fourth-order valence-electron chi connectivity index (χ4n) is 1.75. The minimum Gasteiger partial charge on any atom is -0.447 e. The summed E-state index contributed by atoms with van der Waals surface area (Å²) in [6.07, 6.45) is 1.50. The molecule has 1 aliphatic rings. The summed E-state index contributed by atoms with van der Waals surface area (Å²) in [6.45, 7) is 3.15. The number of aliphatic hydroxyl groups excluding tert-OH is 1. The summed E-state index contributed by atoms with van der Waals surface area (Å²) in [5.41, 5.74) is -0.267. The van der Waals surface area contributed by atoms with Gasteiger partial charge in [-0.2, -0.15) is 0 Å². The number of aliphatic hydroxyl groups is 1. The van der Waals surface area contributed by atoms with Crippen molar-refractivity contribution in [1.82, 2.24) is 4.90 Å². The van der Waals surface area contributed by atoms with Gasteiger partial charge in [-0.05, 0) is 19.8 Å². The zero-order chi connectivity index (χ0) is 11.3. The first-order valence-electron chi connectivity index (χ1n) is 5.19. The van der Waals surface area contributed by atoms with Crippen molar-refractivity contribution in [2.75, 3.05) is 33.4 Å². The SMILES string of the molecule is COC1(C)CCCN(C(=O)OCCO)C1. The van der Waals surface area contributed by atoms with Crippen LogP contribution >= 0.6 is 0 Å². The highest BCUT2D eigenvalue weighted by molar-refractivity contribution is 5.67. The van der Waals surface area contributed by atoms with Crippen molar-refractivity contribution in [3.63, 3.8) is 0 Å². The minimum absolute atomic E-state index is 0.0546. The molecule has 0 aromatic rings. The number of hydrogen-bond donors (Lipinski definition) is 1. The molecule has 0 bridgehead atoms. The molecule has 0 saturated carbocycles. The van der Waals surface area contributed by atoms with Crippen LogP contribution in [0.4, 0.5) is 4.79 Å². The van der Waals surface area contributed by atoms with Gasteiger partial charge in [-0.25, -0.2) is 4.79 Å². The lowest BCUT2D eigenvalue weighted by molar-refractivity contribution is -0.0489. The smallest absolute Gasteiger partial charge is 0.409 e. The molecule has 5 nitrogen and oxygen atoms in total. The van der Waals surface area contributed by atoms with E-state index in [1.54, 1.807) is 12.0 Å². The highest BCUT2D eigenvalue weighted by Gasteiger charge is 2.33. The molecule has 0 aromatic carbocycles. The Balaban J connectivity index is 2.45. The first-order chi connectivity index (χ1) is 7.11. The van der Waals surface area contributed by atoms with Crippen LogP contribution in [-0.4, -0.2) is 55.1 Å². The number of carbonyl (C=O) groups excluding carboxylic acids is 1. The Labute approximate surface area is 90.0 Å². The van der Waals surface area contributed by atoms with Gasteiger partial charge in [-0.3, -0.25) is 0 Å². The fraction of sp³-hybridized carbons (Fsp3) is 0.900. The molecule has 1 saturated heterocycles. The summed E-state index contributed by atoms with van der Waals surface area (Å²) in [4.78, 5) is 13.1.